The molecule has 10 aliphatic rings. The first-order valence-corrected chi connectivity index (χ1v) is 56.6. The molecule has 0 amide bonds. The lowest BCUT2D eigenvalue weighted by atomic mass is 9.75. The van der Waals surface area contributed by atoms with Crippen molar-refractivity contribution in [3.05, 3.63) is 0 Å². The summed E-state index contributed by atoms with van der Waals surface area (Å²) in [5, 5.41) is 10.1. The zero-order valence-corrected chi connectivity index (χ0v) is 105. The molecule has 0 N–H and O–H groups in total. The highest BCUT2D eigenvalue weighted by molar-refractivity contribution is 4.99. The molecule has 0 radical (unpaired) electrons. The Balaban J connectivity index is 0.000000756. The Morgan fingerprint density at radius 3 is 0.566 bits per heavy atom. The van der Waals surface area contributed by atoms with Gasteiger partial charge in [-0.3, -0.25) is 53.9 Å². The summed E-state index contributed by atoms with van der Waals surface area (Å²) < 4.78 is 0. The molecule has 10 aliphatic heterocycles. The topological polar surface area (TPSA) is 48.6 Å². The van der Waals surface area contributed by atoms with Gasteiger partial charge in [-0.15, -0.1) is 0 Å². The fraction of sp³-hybridized carbons (Fsp3) is 1.00. The summed E-state index contributed by atoms with van der Waals surface area (Å²) in [6.07, 6.45) is 19.1. The van der Waals surface area contributed by atoms with Gasteiger partial charge < -0.3 is 0 Å². The van der Waals surface area contributed by atoms with Gasteiger partial charge in [0.2, 0.25) is 0 Å². The number of piperidine rings is 3. The maximum atomic E-state index is 2.70. The molecule has 0 spiro atoms. The van der Waals surface area contributed by atoms with Gasteiger partial charge in [0.25, 0.3) is 0 Å². The zero-order chi connectivity index (χ0) is 107. The maximum Gasteiger partial charge on any atom is 0.0516 e. The van der Waals surface area contributed by atoms with E-state index in [-0.39, 0.29) is 22.2 Å². The number of piperazine rings is 1. The zero-order valence-electron chi connectivity index (χ0n) is 105. The van der Waals surface area contributed by atoms with Crippen LogP contribution in [-0.2, 0) is 0 Å². The van der Waals surface area contributed by atoms with Crippen molar-refractivity contribution < 1.29 is 0 Å². The second kappa shape index (κ2) is 51.5. The number of hydrogen-bond acceptors (Lipinski definition) is 15. The van der Waals surface area contributed by atoms with Crippen molar-refractivity contribution in [1.29, 1.82) is 0 Å². The summed E-state index contributed by atoms with van der Waals surface area (Å²) in [6.45, 7) is 167. The molecule has 15 heteroatoms. The van der Waals surface area contributed by atoms with Crippen molar-refractivity contribution in [3.63, 3.8) is 0 Å². The van der Waals surface area contributed by atoms with E-state index in [2.05, 4.69) is 489 Å². The van der Waals surface area contributed by atoms with Gasteiger partial charge in [0.05, 0.1) is 13.3 Å². The highest BCUT2D eigenvalue weighted by atomic mass is 15.7. The van der Waals surface area contributed by atoms with Gasteiger partial charge in [0, 0.05) is 187 Å². The van der Waals surface area contributed by atoms with Crippen LogP contribution in [0.4, 0.5) is 0 Å². The highest BCUT2D eigenvalue weighted by Gasteiger charge is 2.45. The molecule has 10 saturated heterocycles. The Bertz CT molecular complexity index is 2790. The second-order valence-electron chi connectivity index (χ2n) is 64.1. The summed E-state index contributed by atoms with van der Waals surface area (Å²) in [4.78, 5) is 28.6. The molecule has 4 atom stereocenters. The van der Waals surface area contributed by atoms with E-state index in [9.17, 15) is 0 Å². The van der Waals surface area contributed by atoms with Crippen molar-refractivity contribution in [1.82, 2.24) is 73.9 Å². The molecule has 4 unspecified atom stereocenters. The minimum absolute atomic E-state index is 0.258. The Morgan fingerprint density at radius 1 is 0.132 bits per heavy atom. The molecule has 0 aliphatic carbocycles. The molecule has 136 heavy (non-hydrogen) atoms. The lowest BCUT2D eigenvalue weighted by Gasteiger charge is -2.52. The number of rotatable bonds is 0. The third-order valence-electron chi connectivity index (χ3n) is 31.7. The van der Waals surface area contributed by atoms with E-state index in [0.29, 0.717) is 88.0 Å². The lowest BCUT2D eigenvalue weighted by molar-refractivity contribution is -0.159. The molecule has 0 aromatic carbocycles. The van der Waals surface area contributed by atoms with Crippen LogP contribution in [0, 0.1) is 44.8 Å². The smallest absolute Gasteiger partial charge is 0.0516 e. The largest absolute Gasteiger partial charge is 0.298 e. The van der Waals surface area contributed by atoms with Crippen LogP contribution in [0.5, 0.6) is 0 Å². The van der Waals surface area contributed by atoms with Gasteiger partial charge in [-0.05, 0) is 479 Å². The molecule has 0 bridgehead atoms. The minimum Gasteiger partial charge on any atom is -0.298 e. The van der Waals surface area contributed by atoms with E-state index in [0.717, 1.165) is 43.2 Å². The van der Waals surface area contributed by atoms with Crippen LogP contribution in [0.2, 0.25) is 0 Å². The van der Waals surface area contributed by atoms with E-state index in [1.807, 2.05) is 0 Å². The molecule has 0 aromatic heterocycles. The van der Waals surface area contributed by atoms with Crippen LogP contribution < -0.4 is 0 Å². The minimum atomic E-state index is 0.258. The molecule has 10 fully saturated rings. The van der Waals surface area contributed by atoms with Gasteiger partial charge in [-0.1, -0.05) is 110 Å². The van der Waals surface area contributed by atoms with Crippen molar-refractivity contribution in [2.24, 2.45) is 44.8 Å². The average Bonchev–Trinajstić information content (AvgIpc) is 1.79. The summed E-state index contributed by atoms with van der Waals surface area (Å²) in [5.41, 5.74) is 7.06. The summed E-state index contributed by atoms with van der Waals surface area (Å²) in [6, 6.07) is 1.53. The molecular formula is C121H257N15. The summed E-state index contributed by atoms with van der Waals surface area (Å²) in [5.74, 6) is 2.67. The van der Waals surface area contributed by atoms with E-state index < -0.39 is 0 Å². The molecule has 816 valence electrons. The standard InChI is InChI=1S/3C13H27N.3C12H26N2.2C12H25N.2C11H24N2/c1-12(2,3)11-7-9-14(10-8-11)13(4,5)6;1-12(2,3)11-8-7-9-14(10-11)13(4,5)6;1-12(2,3)11-9-7-8-10-14(11)13(4,5)6;1-11(2,3)13-7-9-14(10-8-13)12(4,5)6;1-11(2,3)13-8-7-9-14(10-13)12(4,5)6;1-11(2,3)13-9-7-8-10-14(13)12(4,5)6;1-11(2,3)10-7-8-13(9-10)12(4,5)6;1-11(2,3)10-8-7-9-13(10)12(4,5)6;1-10(2,3)12-7-8-13(9-12)11(4,5)6;1-10(2,3)12-8-7-9-13(12)11(4,5)6/h3*11H,7-10H2,1-6H3;3*7-10H2,1-6H3;2*10H,7-9H2,1-6H3;2*7-9H2,1-6H3. The van der Waals surface area contributed by atoms with Crippen LogP contribution in [0.3, 0.4) is 0 Å². The van der Waals surface area contributed by atoms with Crippen molar-refractivity contribution >= 4 is 0 Å². The monoisotopic (exact) mass is 1920 g/mol. The van der Waals surface area contributed by atoms with Crippen LogP contribution in [-0.4, -0.2) is 313 Å². The van der Waals surface area contributed by atoms with Crippen LogP contribution in [0.15, 0.2) is 0 Å². The molecule has 0 aromatic rings. The van der Waals surface area contributed by atoms with Crippen molar-refractivity contribution in [2.75, 3.05) is 144 Å². The first-order chi connectivity index (χ1) is 60.2. The molecule has 15 nitrogen and oxygen atoms in total. The van der Waals surface area contributed by atoms with Gasteiger partial charge in [0.1, 0.15) is 0 Å². The summed E-state index contributed by atoms with van der Waals surface area (Å²) >= 11 is 0. The average molecular weight is 1920 g/mol. The predicted molar refractivity (Wildman–Crippen MR) is 611 cm³/mol. The van der Waals surface area contributed by atoms with Crippen LogP contribution in [0.1, 0.15) is 505 Å². The van der Waals surface area contributed by atoms with Gasteiger partial charge in [-0.2, -0.15) is 0 Å². The van der Waals surface area contributed by atoms with Crippen molar-refractivity contribution in [2.45, 2.75) is 600 Å². The molecule has 10 heterocycles. The Hall–Kier alpha value is -0.600. The Labute approximate surface area is 858 Å². The highest BCUT2D eigenvalue weighted by Crippen LogP contribution is 2.43. The van der Waals surface area contributed by atoms with Crippen molar-refractivity contribution in [3.8, 4) is 0 Å². The Morgan fingerprint density at radius 2 is 0.331 bits per heavy atom. The molecular weight excluding hydrogens is 1660 g/mol. The SMILES string of the molecule is CC(C)(C)C1CCCCN1C(C)(C)C.CC(C)(C)C1CCCN(C(C)(C)C)C1.CC(C)(C)C1CCCN1C(C)(C)C.CC(C)(C)C1CCN(C(C)(C)C)C1.CC(C)(C)C1CCN(C(C)(C)C)CC1.CC(C)(C)N1CCCCN1C(C)(C)C.CC(C)(C)N1CCCN(C(C)(C)C)C1.CC(C)(C)N1CCCN1C(C)(C)C.CC(C)(C)N1CCN(C(C)(C)C)C1.CC(C)(C)N1CCN(C(C)(C)C)CC1. The Kier molecular flexibility index (Phi) is 50.6. The third-order valence-corrected chi connectivity index (χ3v) is 31.7. The number of likely N-dealkylation sites (tertiary alicyclic amines) is 5. The normalized spacial score (nSPS) is 24.3. The van der Waals surface area contributed by atoms with E-state index in [4.69, 9.17) is 0 Å². The molecule has 10 rings (SSSR count). The number of nitrogens with zero attached hydrogens (tertiary/aromatic N) is 15. The quantitative estimate of drug-likeness (QED) is 0.231. The number of hydrogen-bond donors (Lipinski definition) is 0. The fourth-order valence-corrected chi connectivity index (χ4v) is 21.7. The first-order valence-electron chi connectivity index (χ1n) is 56.6. The third kappa shape index (κ3) is 48.6. The van der Waals surface area contributed by atoms with Crippen LogP contribution >= 0.6 is 0 Å². The number of hydrazine groups is 2. The summed E-state index contributed by atoms with van der Waals surface area (Å²) in [7, 11) is 0. The predicted octanol–water partition coefficient (Wildman–Crippen LogP) is 29.5. The fourth-order valence-electron chi connectivity index (χ4n) is 21.7. The van der Waals surface area contributed by atoms with Gasteiger partial charge >= 0.3 is 0 Å². The molecule has 0 saturated carbocycles. The first kappa shape index (κ1) is 133. The lowest BCUT2D eigenvalue weighted by Crippen LogP contribution is -2.61. The van der Waals surface area contributed by atoms with Gasteiger partial charge in [-0.25, -0.2) is 20.0 Å². The van der Waals surface area contributed by atoms with E-state index >= 15 is 0 Å². The van der Waals surface area contributed by atoms with E-state index in [1.54, 1.807) is 0 Å². The van der Waals surface area contributed by atoms with Gasteiger partial charge in [0.15, 0.2) is 0 Å². The maximum absolute atomic E-state index is 2.70. The second-order valence-corrected chi connectivity index (χ2v) is 64.1. The van der Waals surface area contributed by atoms with Crippen LogP contribution in [0.25, 0.3) is 0 Å². The van der Waals surface area contributed by atoms with E-state index in [1.165, 1.54) is 221 Å².